The van der Waals surface area contributed by atoms with E-state index in [1.807, 2.05) is 13.8 Å². The van der Waals surface area contributed by atoms with Gasteiger partial charge in [-0.2, -0.15) is 5.10 Å². The lowest BCUT2D eigenvalue weighted by Gasteiger charge is -2.19. The van der Waals surface area contributed by atoms with Crippen molar-refractivity contribution in [2.24, 2.45) is 0 Å². The van der Waals surface area contributed by atoms with Gasteiger partial charge < -0.3 is 9.47 Å². The van der Waals surface area contributed by atoms with Gasteiger partial charge in [-0.05, 0) is 46.8 Å². The van der Waals surface area contributed by atoms with E-state index in [-0.39, 0.29) is 6.61 Å². The van der Waals surface area contributed by atoms with Gasteiger partial charge in [0, 0.05) is 11.9 Å². The molecule has 0 unspecified atom stereocenters. The van der Waals surface area contributed by atoms with Gasteiger partial charge in [0.15, 0.2) is 0 Å². The number of ether oxygens (including phenoxy) is 2. The molecule has 138 valence electrons. The third-order valence-corrected chi connectivity index (χ3v) is 2.93. The summed E-state index contributed by atoms with van der Waals surface area (Å²) in [6.07, 6.45) is 1.10. The average molecular weight is 349 g/mol. The van der Waals surface area contributed by atoms with Gasteiger partial charge in [0.2, 0.25) is 0 Å². The molecule has 0 fully saturated rings. The summed E-state index contributed by atoms with van der Waals surface area (Å²) in [6.45, 7) is 13.1. The number of hydrogen-bond acceptors (Lipinski definition) is 5. The van der Waals surface area contributed by atoms with E-state index < -0.39 is 17.7 Å². The third-order valence-electron chi connectivity index (χ3n) is 2.93. The Hall–Kier alpha value is -2.57. The summed E-state index contributed by atoms with van der Waals surface area (Å²) in [7, 11) is 0. The summed E-state index contributed by atoms with van der Waals surface area (Å²) in [5, 5.41) is 6.91. The highest BCUT2D eigenvalue weighted by Crippen LogP contribution is 2.21. The monoisotopic (exact) mass is 349 g/mol. The SMILES string of the molecule is CC.CCOC(=O)c1c(C)nn2ccc(NC(=O)OC(C)(C)C)cc12. The smallest absolute Gasteiger partial charge is 0.412 e. The zero-order chi connectivity index (χ0) is 19.2. The van der Waals surface area contributed by atoms with Crippen LogP contribution in [0.25, 0.3) is 5.52 Å². The van der Waals surface area contributed by atoms with Crippen LogP contribution in [-0.2, 0) is 9.47 Å². The molecular formula is C18H27N3O4. The van der Waals surface area contributed by atoms with E-state index >= 15 is 0 Å². The number of hydrogen-bond donors (Lipinski definition) is 1. The van der Waals surface area contributed by atoms with Crippen molar-refractivity contribution in [3.8, 4) is 0 Å². The number of esters is 1. The number of carbonyl (C=O) groups is 2. The Balaban J connectivity index is 0.00000151. The molecule has 2 aromatic heterocycles. The highest BCUT2D eigenvalue weighted by molar-refractivity contribution is 5.99. The van der Waals surface area contributed by atoms with Gasteiger partial charge in [0.05, 0.1) is 17.8 Å². The van der Waals surface area contributed by atoms with E-state index in [1.54, 1.807) is 57.5 Å². The fraction of sp³-hybridized carbons (Fsp3) is 0.500. The second kappa shape index (κ2) is 8.50. The van der Waals surface area contributed by atoms with Crippen LogP contribution in [0.1, 0.15) is 57.6 Å². The molecule has 0 aliphatic carbocycles. The third kappa shape index (κ3) is 5.48. The first-order valence-corrected chi connectivity index (χ1v) is 8.37. The Morgan fingerprint density at radius 3 is 2.48 bits per heavy atom. The largest absolute Gasteiger partial charge is 0.462 e. The first-order chi connectivity index (χ1) is 11.7. The van der Waals surface area contributed by atoms with E-state index in [4.69, 9.17) is 9.47 Å². The van der Waals surface area contributed by atoms with E-state index in [0.717, 1.165) is 0 Å². The molecule has 0 aliphatic rings. The van der Waals surface area contributed by atoms with Crippen LogP contribution in [0.2, 0.25) is 0 Å². The molecule has 0 atom stereocenters. The van der Waals surface area contributed by atoms with Crippen molar-refractivity contribution < 1.29 is 19.1 Å². The number of nitrogens with one attached hydrogen (secondary N) is 1. The molecule has 0 saturated carbocycles. The van der Waals surface area contributed by atoms with Gasteiger partial charge in [0.25, 0.3) is 0 Å². The second-order valence-electron chi connectivity index (χ2n) is 6.05. The number of fused-ring (bicyclic) bond motifs is 1. The van der Waals surface area contributed by atoms with Crippen LogP contribution in [0.3, 0.4) is 0 Å². The van der Waals surface area contributed by atoms with E-state index in [9.17, 15) is 9.59 Å². The Labute approximate surface area is 148 Å². The van der Waals surface area contributed by atoms with Gasteiger partial charge >= 0.3 is 12.1 Å². The number of aromatic nitrogens is 2. The zero-order valence-electron chi connectivity index (χ0n) is 16.0. The lowest BCUT2D eigenvalue weighted by molar-refractivity contribution is 0.0527. The molecule has 1 amide bonds. The molecule has 0 aromatic carbocycles. The van der Waals surface area contributed by atoms with Crippen LogP contribution < -0.4 is 5.32 Å². The molecule has 0 bridgehead atoms. The molecule has 7 heteroatoms. The number of rotatable bonds is 3. The molecule has 2 heterocycles. The standard InChI is InChI=1S/C16H21N3O4.C2H6/c1-6-22-14(20)13-10(2)18-19-8-7-11(9-12(13)19)17-15(21)23-16(3,4)5;1-2/h7-9H,6H2,1-5H3,(H,17,21);1-2H3. The molecule has 1 N–H and O–H groups in total. The molecule has 0 saturated heterocycles. The van der Waals surface area contributed by atoms with Crippen molar-refractivity contribution in [1.82, 2.24) is 9.61 Å². The maximum atomic E-state index is 12.1. The summed E-state index contributed by atoms with van der Waals surface area (Å²) >= 11 is 0. The number of anilines is 1. The molecule has 0 aliphatic heterocycles. The van der Waals surface area contributed by atoms with Crippen LogP contribution >= 0.6 is 0 Å². The number of amides is 1. The molecule has 25 heavy (non-hydrogen) atoms. The maximum Gasteiger partial charge on any atom is 0.412 e. The van der Waals surface area contributed by atoms with Gasteiger partial charge in [-0.25, -0.2) is 14.1 Å². The van der Waals surface area contributed by atoms with E-state index in [2.05, 4.69) is 10.4 Å². The Kier molecular flexibility index (Phi) is 6.97. The van der Waals surface area contributed by atoms with Crippen LogP contribution in [-0.4, -0.2) is 33.9 Å². The lowest BCUT2D eigenvalue weighted by atomic mass is 10.2. The molecule has 2 aromatic rings. The highest BCUT2D eigenvalue weighted by atomic mass is 16.6. The normalized spacial score (nSPS) is 10.7. The molecule has 0 spiro atoms. The van der Waals surface area contributed by atoms with Crippen LogP contribution in [0.15, 0.2) is 18.3 Å². The number of pyridine rings is 1. The number of carbonyl (C=O) groups excluding carboxylic acids is 2. The predicted octanol–water partition coefficient (Wildman–Crippen LogP) is 4.19. The first-order valence-electron chi connectivity index (χ1n) is 8.37. The van der Waals surface area contributed by atoms with E-state index in [1.165, 1.54) is 0 Å². The minimum absolute atomic E-state index is 0.283. The molecular weight excluding hydrogens is 322 g/mol. The average Bonchev–Trinajstić information content (AvgIpc) is 2.82. The minimum Gasteiger partial charge on any atom is -0.462 e. The summed E-state index contributed by atoms with van der Waals surface area (Å²) in [5.41, 5.74) is 1.45. The van der Waals surface area contributed by atoms with Crippen molar-refractivity contribution in [2.75, 3.05) is 11.9 Å². The molecule has 7 nitrogen and oxygen atoms in total. The van der Waals surface area contributed by atoms with Gasteiger partial charge in [-0.15, -0.1) is 0 Å². The predicted molar refractivity (Wildman–Crippen MR) is 97.1 cm³/mol. The summed E-state index contributed by atoms with van der Waals surface area (Å²) < 4.78 is 11.8. The Morgan fingerprint density at radius 1 is 1.28 bits per heavy atom. The quantitative estimate of drug-likeness (QED) is 0.840. The van der Waals surface area contributed by atoms with Crippen LogP contribution in [0.5, 0.6) is 0 Å². The maximum absolute atomic E-state index is 12.1. The molecule has 0 radical (unpaired) electrons. The van der Waals surface area contributed by atoms with Gasteiger partial charge in [-0.3, -0.25) is 5.32 Å². The van der Waals surface area contributed by atoms with Crippen molar-refractivity contribution in [3.63, 3.8) is 0 Å². The van der Waals surface area contributed by atoms with E-state index in [0.29, 0.717) is 22.5 Å². The summed E-state index contributed by atoms with van der Waals surface area (Å²) in [4.78, 5) is 23.9. The number of nitrogens with zero attached hydrogens (tertiary/aromatic N) is 2. The van der Waals surface area contributed by atoms with Gasteiger partial charge in [0.1, 0.15) is 11.2 Å². The fourth-order valence-corrected chi connectivity index (χ4v) is 2.12. The Morgan fingerprint density at radius 2 is 1.92 bits per heavy atom. The topological polar surface area (TPSA) is 81.9 Å². The first kappa shape index (κ1) is 20.5. The van der Waals surface area contributed by atoms with Crippen molar-refractivity contribution in [2.45, 2.75) is 54.1 Å². The lowest BCUT2D eigenvalue weighted by Crippen LogP contribution is -2.27. The van der Waals surface area contributed by atoms with Crippen LogP contribution in [0.4, 0.5) is 10.5 Å². The van der Waals surface area contributed by atoms with Crippen molar-refractivity contribution in [3.05, 3.63) is 29.6 Å². The van der Waals surface area contributed by atoms with Crippen molar-refractivity contribution in [1.29, 1.82) is 0 Å². The molecule has 2 rings (SSSR count). The number of aryl methyl sites for hydroxylation is 1. The second-order valence-corrected chi connectivity index (χ2v) is 6.05. The fourth-order valence-electron chi connectivity index (χ4n) is 2.12. The van der Waals surface area contributed by atoms with Crippen molar-refractivity contribution >= 4 is 23.3 Å². The highest BCUT2D eigenvalue weighted by Gasteiger charge is 2.20. The van der Waals surface area contributed by atoms with Gasteiger partial charge in [-0.1, -0.05) is 13.8 Å². The zero-order valence-corrected chi connectivity index (χ0v) is 16.0. The van der Waals surface area contributed by atoms with Crippen LogP contribution in [0, 0.1) is 6.92 Å². The summed E-state index contributed by atoms with van der Waals surface area (Å²) in [5.74, 6) is -0.436. The summed E-state index contributed by atoms with van der Waals surface area (Å²) in [6, 6.07) is 3.34. The Bertz CT molecular complexity index is 745. The minimum atomic E-state index is -0.586.